The summed E-state index contributed by atoms with van der Waals surface area (Å²) in [6.07, 6.45) is 3.15. The van der Waals surface area contributed by atoms with Crippen LogP contribution >= 0.6 is 0 Å². The molecule has 1 aliphatic heterocycles. The number of piperazine rings is 1. The van der Waals surface area contributed by atoms with Crippen molar-refractivity contribution in [2.45, 2.75) is 13.5 Å². The van der Waals surface area contributed by atoms with Gasteiger partial charge in [0.15, 0.2) is 0 Å². The molecule has 1 saturated heterocycles. The lowest BCUT2D eigenvalue weighted by atomic mass is 10.3. The number of hydrogen-bond acceptors (Lipinski definition) is 5. The van der Waals surface area contributed by atoms with Crippen LogP contribution in [0.3, 0.4) is 0 Å². The molecule has 6 nitrogen and oxygen atoms in total. The Morgan fingerprint density at radius 3 is 2.52 bits per heavy atom. The maximum absolute atomic E-state index is 11.4. The van der Waals surface area contributed by atoms with Gasteiger partial charge in [-0.1, -0.05) is 6.07 Å². The van der Waals surface area contributed by atoms with Crippen molar-refractivity contribution in [2.24, 2.45) is 0 Å². The smallest absolute Gasteiger partial charge is 0.211 e. The molecule has 0 saturated carbocycles. The molecule has 2 rings (SSSR count). The maximum atomic E-state index is 11.4. The largest absolute Gasteiger partial charge is 0.310 e. The number of nitrogens with zero attached hydrogens (tertiary/aromatic N) is 3. The predicted molar refractivity (Wildman–Crippen MR) is 83.5 cm³/mol. The van der Waals surface area contributed by atoms with Gasteiger partial charge in [-0.3, -0.25) is 9.88 Å². The number of aromatic nitrogens is 1. The van der Waals surface area contributed by atoms with Crippen molar-refractivity contribution in [3.8, 4) is 0 Å². The van der Waals surface area contributed by atoms with Crippen LogP contribution in [-0.2, 0) is 16.6 Å². The minimum Gasteiger partial charge on any atom is -0.310 e. The standard InChI is InChI=1S/C14H24N4O2S/c1-13-3-4-14(16-11-13)12-15-5-6-17-7-9-18(10-8-17)21(2,19)20/h3-4,11,15H,5-10,12H2,1-2H3. The van der Waals surface area contributed by atoms with Crippen molar-refractivity contribution in [2.75, 3.05) is 45.5 Å². The van der Waals surface area contributed by atoms with Crippen LogP contribution in [-0.4, -0.2) is 68.1 Å². The van der Waals surface area contributed by atoms with Gasteiger partial charge in [0.05, 0.1) is 11.9 Å². The average molecular weight is 312 g/mol. The molecule has 7 heteroatoms. The van der Waals surface area contributed by atoms with Gasteiger partial charge in [0.2, 0.25) is 10.0 Å². The van der Waals surface area contributed by atoms with E-state index in [1.807, 2.05) is 19.2 Å². The van der Waals surface area contributed by atoms with Crippen LogP contribution in [0, 0.1) is 6.92 Å². The first-order chi connectivity index (χ1) is 9.95. The summed E-state index contributed by atoms with van der Waals surface area (Å²) in [5, 5.41) is 3.37. The Labute approximate surface area is 127 Å². The van der Waals surface area contributed by atoms with Crippen LogP contribution in [0.1, 0.15) is 11.3 Å². The van der Waals surface area contributed by atoms with Crippen molar-refractivity contribution in [1.29, 1.82) is 0 Å². The SMILES string of the molecule is Cc1ccc(CNCCN2CCN(S(C)(=O)=O)CC2)nc1. The van der Waals surface area contributed by atoms with Crippen molar-refractivity contribution < 1.29 is 8.42 Å². The summed E-state index contributed by atoms with van der Waals surface area (Å²) in [6.45, 7) is 7.41. The van der Waals surface area contributed by atoms with Crippen molar-refractivity contribution in [3.05, 3.63) is 29.6 Å². The molecule has 1 aliphatic rings. The molecular formula is C14H24N4O2S. The van der Waals surface area contributed by atoms with Gasteiger partial charge in [-0.2, -0.15) is 4.31 Å². The van der Waals surface area contributed by atoms with Gasteiger partial charge >= 0.3 is 0 Å². The molecule has 0 bridgehead atoms. The minimum absolute atomic E-state index is 0.596. The summed E-state index contributed by atoms with van der Waals surface area (Å²) in [5.74, 6) is 0. The molecule has 1 N–H and O–H groups in total. The maximum Gasteiger partial charge on any atom is 0.211 e. The second-order valence-corrected chi connectivity index (χ2v) is 7.49. The minimum atomic E-state index is -3.03. The molecule has 0 amide bonds. The zero-order valence-corrected chi connectivity index (χ0v) is 13.6. The zero-order chi connectivity index (χ0) is 15.3. The first kappa shape index (κ1) is 16.4. The second kappa shape index (κ2) is 7.31. The van der Waals surface area contributed by atoms with Gasteiger partial charge in [-0.25, -0.2) is 8.42 Å². The molecule has 0 aliphatic carbocycles. The lowest BCUT2D eigenvalue weighted by Crippen LogP contribution is -2.49. The molecular weight excluding hydrogens is 288 g/mol. The van der Waals surface area contributed by atoms with E-state index < -0.39 is 10.0 Å². The number of nitrogens with one attached hydrogen (secondary N) is 1. The highest BCUT2D eigenvalue weighted by atomic mass is 32.2. The van der Waals surface area contributed by atoms with E-state index >= 15 is 0 Å². The highest BCUT2D eigenvalue weighted by Crippen LogP contribution is 2.05. The van der Waals surface area contributed by atoms with E-state index in [4.69, 9.17) is 0 Å². The molecule has 1 fully saturated rings. The van der Waals surface area contributed by atoms with E-state index in [9.17, 15) is 8.42 Å². The molecule has 118 valence electrons. The highest BCUT2D eigenvalue weighted by Gasteiger charge is 2.22. The topological polar surface area (TPSA) is 65.5 Å². The zero-order valence-electron chi connectivity index (χ0n) is 12.7. The Morgan fingerprint density at radius 1 is 1.24 bits per heavy atom. The van der Waals surface area contributed by atoms with Crippen LogP contribution in [0.4, 0.5) is 0 Å². The molecule has 1 aromatic heterocycles. The third-order valence-electron chi connectivity index (χ3n) is 3.68. The third kappa shape index (κ3) is 5.35. The summed E-state index contributed by atoms with van der Waals surface area (Å²) in [5.41, 5.74) is 2.21. The molecule has 2 heterocycles. The predicted octanol–water partition coefficient (Wildman–Crippen LogP) is 0.0568. The number of pyridine rings is 1. The summed E-state index contributed by atoms with van der Waals surface area (Å²) in [7, 11) is -3.03. The Hall–Kier alpha value is -1.02. The summed E-state index contributed by atoms with van der Waals surface area (Å²) >= 11 is 0. The number of hydrogen-bond donors (Lipinski definition) is 1. The van der Waals surface area contributed by atoms with Crippen molar-refractivity contribution in [3.63, 3.8) is 0 Å². The lowest BCUT2D eigenvalue weighted by Gasteiger charge is -2.33. The number of rotatable bonds is 6. The van der Waals surface area contributed by atoms with E-state index in [1.54, 1.807) is 4.31 Å². The van der Waals surface area contributed by atoms with Gasteiger partial charge in [-0.15, -0.1) is 0 Å². The van der Waals surface area contributed by atoms with E-state index in [2.05, 4.69) is 21.3 Å². The first-order valence-corrected chi connectivity index (χ1v) is 9.10. The third-order valence-corrected chi connectivity index (χ3v) is 4.99. The summed E-state index contributed by atoms with van der Waals surface area (Å²) in [4.78, 5) is 6.64. The van der Waals surface area contributed by atoms with Gasteiger partial charge in [0.25, 0.3) is 0 Å². The molecule has 0 atom stereocenters. The van der Waals surface area contributed by atoms with Crippen LogP contribution < -0.4 is 5.32 Å². The Morgan fingerprint density at radius 2 is 1.95 bits per heavy atom. The van der Waals surface area contributed by atoms with E-state index in [-0.39, 0.29) is 0 Å². The molecule has 1 aromatic rings. The molecule has 0 radical (unpaired) electrons. The van der Waals surface area contributed by atoms with Crippen LogP contribution in [0.2, 0.25) is 0 Å². The van der Waals surface area contributed by atoms with E-state index in [0.29, 0.717) is 13.1 Å². The van der Waals surface area contributed by atoms with Gasteiger partial charge < -0.3 is 5.32 Å². The molecule has 21 heavy (non-hydrogen) atoms. The normalized spacial score (nSPS) is 18.0. The van der Waals surface area contributed by atoms with Crippen molar-refractivity contribution in [1.82, 2.24) is 19.5 Å². The summed E-state index contributed by atoms with van der Waals surface area (Å²) < 4.78 is 24.4. The van der Waals surface area contributed by atoms with Crippen LogP contribution in [0.5, 0.6) is 0 Å². The van der Waals surface area contributed by atoms with Gasteiger partial charge in [-0.05, 0) is 18.6 Å². The monoisotopic (exact) mass is 312 g/mol. The summed E-state index contributed by atoms with van der Waals surface area (Å²) in [6, 6.07) is 4.10. The van der Waals surface area contributed by atoms with E-state index in [1.165, 1.54) is 11.8 Å². The van der Waals surface area contributed by atoms with Crippen LogP contribution in [0.15, 0.2) is 18.3 Å². The van der Waals surface area contributed by atoms with Gasteiger partial charge in [0, 0.05) is 52.0 Å². The fourth-order valence-electron chi connectivity index (χ4n) is 2.34. The van der Waals surface area contributed by atoms with E-state index in [0.717, 1.165) is 38.4 Å². The quantitative estimate of drug-likeness (QED) is 0.752. The molecule has 0 unspecified atom stereocenters. The molecule has 0 aromatic carbocycles. The lowest BCUT2D eigenvalue weighted by molar-refractivity contribution is 0.189. The average Bonchev–Trinajstić information content (AvgIpc) is 2.45. The fourth-order valence-corrected chi connectivity index (χ4v) is 3.17. The second-order valence-electron chi connectivity index (χ2n) is 5.51. The number of aryl methyl sites for hydroxylation is 1. The Kier molecular flexibility index (Phi) is 5.69. The molecule has 0 spiro atoms. The van der Waals surface area contributed by atoms with Gasteiger partial charge in [0.1, 0.15) is 0 Å². The fraction of sp³-hybridized carbons (Fsp3) is 0.643. The first-order valence-electron chi connectivity index (χ1n) is 7.25. The highest BCUT2D eigenvalue weighted by molar-refractivity contribution is 7.88. The number of sulfonamides is 1. The van der Waals surface area contributed by atoms with Crippen LogP contribution in [0.25, 0.3) is 0 Å². The Bertz CT molecular complexity index is 537. The Balaban J connectivity index is 1.63. The van der Waals surface area contributed by atoms with Crippen molar-refractivity contribution >= 4 is 10.0 Å².